The van der Waals surface area contributed by atoms with Crippen molar-refractivity contribution >= 4 is 18.5 Å². The van der Waals surface area contributed by atoms with E-state index in [1.54, 1.807) is 0 Å². The summed E-state index contributed by atoms with van der Waals surface area (Å²) in [4.78, 5) is 12.9. The highest BCUT2D eigenvalue weighted by atomic mass is 32.1. The van der Waals surface area contributed by atoms with Gasteiger partial charge in [-0.05, 0) is 36.5 Å². The lowest BCUT2D eigenvalue weighted by Crippen LogP contribution is -2.33. The molecule has 1 aromatic carbocycles. The fraction of sp³-hybridized carbons (Fsp3) is 0.500. The van der Waals surface area contributed by atoms with E-state index in [0.29, 0.717) is 12.1 Å². The molecule has 0 saturated heterocycles. The van der Waals surface area contributed by atoms with E-state index in [2.05, 4.69) is 38.7 Å². The van der Waals surface area contributed by atoms with Crippen LogP contribution in [0.5, 0.6) is 0 Å². The third-order valence-electron chi connectivity index (χ3n) is 3.15. The molecule has 0 atom stereocenters. The van der Waals surface area contributed by atoms with Crippen LogP contribution in [-0.4, -0.2) is 12.5 Å². The minimum Gasteiger partial charge on any atom is -0.351 e. The topological polar surface area (TPSA) is 29.1 Å². The van der Waals surface area contributed by atoms with Crippen LogP contribution in [0, 0.1) is 12.3 Å². The Balaban J connectivity index is 2.74. The Hall–Kier alpha value is -0.960. The third-order valence-corrected chi connectivity index (χ3v) is 3.43. The maximum atomic E-state index is 12.0. The number of rotatable bonds is 4. The molecule has 0 spiro atoms. The van der Waals surface area contributed by atoms with E-state index in [1.807, 2.05) is 25.1 Å². The van der Waals surface area contributed by atoms with Gasteiger partial charge in [-0.1, -0.05) is 26.8 Å². The molecule has 0 aromatic heterocycles. The second-order valence-electron chi connectivity index (χ2n) is 5.20. The number of benzene rings is 1. The van der Waals surface area contributed by atoms with E-state index in [-0.39, 0.29) is 11.3 Å². The molecular weight excluding hydrogens is 230 g/mol. The Morgan fingerprint density at radius 1 is 1.41 bits per heavy atom. The molecule has 0 saturated carbocycles. The zero-order valence-corrected chi connectivity index (χ0v) is 11.9. The lowest BCUT2D eigenvalue weighted by Gasteiger charge is -2.23. The largest absolute Gasteiger partial charge is 0.351 e. The van der Waals surface area contributed by atoms with Crippen molar-refractivity contribution in [3.63, 3.8) is 0 Å². The molecule has 0 fully saturated rings. The molecular formula is C14H21NOS. The van der Waals surface area contributed by atoms with Crippen molar-refractivity contribution in [2.24, 2.45) is 5.41 Å². The van der Waals surface area contributed by atoms with E-state index in [9.17, 15) is 4.79 Å². The van der Waals surface area contributed by atoms with Crippen LogP contribution in [0.2, 0.25) is 0 Å². The van der Waals surface area contributed by atoms with Crippen LogP contribution in [0.4, 0.5) is 0 Å². The number of amides is 1. The first-order valence-electron chi connectivity index (χ1n) is 5.93. The molecule has 0 aliphatic heterocycles. The van der Waals surface area contributed by atoms with Gasteiger partial charge in [0.2, 0.25) is 0 Å². The van der Waals surface area contributed by atoms with Gasteiger partial charge >= 0.3 is 0 Å². The first-order valence-corrected chi connectivity index (χ1v) is 6.38. The molecule has 0 bridgehead atoms. The van der Waals surface area contributed by atoms with Gasteiger partial charge in [-0.15, -0.1) is 12.6 Å². The van der Waals surface area contributed by atoms with Crippen molar-refractivity contribution in [3.8, 4) is 0 Å². The smallest absolute Gasteiger partial charge is 0.251 e. The van der Waals surface area contributed by atoms with Crippen LogP contribution in [0.15, 0.2) is 23.1 Å². The minimum absolute atomic E-state index is 0.0140. The molecule has 0 unspecified atom stereocenters. The van der Waals surface area contributed by atoms with Crippen LogP contribution in [-0.2, 0) is 0 Å². The molecule has 1 aromatic rings. The summed E-state index contributed by atoms with van der Waals surface area (Å²) in [6.45, 7) is 9.06. The van der Waals surface area contributed by atoms with E-state index >= 15 is 0 Å². The molecule has 94 valence electrons. The lowest BCUT2D eigenvalue weighted by atomic mass is 9.90. The summed E-state index contributed by atoms with van der Waals surface area (Å²) >= 11 is 4.26. The monoisotopic (exact) mass is 251 g/mol. The zero-order chi connectivity index (χ0) is 13.1. The Labute approximate surface area is 109 Å². The summed E-state index contributed by atoms with van der Waals surface area (Å²) in [6, 6.07) is 5.63. The Kier molecular flexibility index (Phi) is 4.63. The minimum atomic E-state index is -0.0140. The number of nitrogens with one attached hydrogen (secondary N) is 1. The molecule has 3 heteroatoms. The molecule has 17 heavy (non-hydrogen) atoms. The molecule has 1 rings (SSSR count). The summed E-state index contributed by atoms with van der Waals surface area (Å²) in [5.74, 6) is -0.0140. The Morgan fingerprint density at radius 2 is 2.06 bits per heavy atom. The van der Waals surface area contributed by atoms with Gasteiger partial charge in [-0.3, -0.25) is 4.79 Å². The highest BCUT2D eigenvalue weighted by Gasteiger charge is 2.17. The van der Waals surface area contributed by atoms with Gasteiger partial charge in [-0.2, -0.15) is 0 Å². The number of hydrogen-bond donors (Lipinski definition) is 2. The molecule has 0 radical (unpaired) electrons. The van der Waals surface area contributed by atoms with E-state index in [4.69, 9.17) is 0 Å². The summed E-state index contributed by atoms with van der Waals surface area (Å²) in [7, 11) is 0. The quantitative estimate of drug-likeness (QED) is 0.789. The van der Waals surface area contributed by atoms with Gasteiger partial charge in [0.25, 0.3) is 5.91 Å². The van der Waals surface area contributed by atoms with Crippen molar-refractivity contribution < 1.29 is 4.79 Å². The number of carbonyl (C=O) groups excluding carboxylic acids is 1. The van der Waals surface area contributed by atoms with E-state index < -0.39 is 0 Å². The summed E-state index contributed by atoms with van der Waals surface area (Å²) in [5.41, 5.74) is 1.83. The van der Waals surface area contributed by atoms with Crippen molar-refractivity contribution in [1.29, 1.82) is 0 Å². The third kappa shape index (κ3) is 4.08. The normalized spacial score (nSPS) is 11.4. The number of hydrogen-bond acceptors (Lipinski definition) is 2. The van der Waals surface area contributed by atoms with Gasteiger partial charge < -0.3 is 5.32 Å². The van der Waals surface area contributed by atoms with E-state index in [0.717, 1.165) is 16.9 Å². The predicted octanol–water partition coefficient (Wildman–Crippen LogP) is 3.45. The van der Waals surface area contributed by atoms with Gasteiger partial charge in [0.1, 0.15) is 0 Å². The van der Waals surface area contributed by atoms with Gasteiger partial charge in [-0.25, -0.2) is 0 Å². The molecule has 0 aliphatic rings. The average Bonchev–Trinajstić information content (AvgIpc) is 2.29. The molecule has 2 nitrogen and oxygen atoms in total. The van der Waals surface area contributed by atoms with Crippen LogP contribution in [0.1, 0.15) is 43.1 Å². The van der Waals surface area contributed by atoms with Crippen molar-refractivity contribution in [2.75, 3.05) is 6.54 Å². The van der Waals surface area contributed by atoms with Crippen molar-refractivity contribution in [1.82, 2.24) is 5.32 Å². The molecule has 1 amide bonds. The maximum Gasteiger partial charge on any atom is 0.251 e. The van der Waals surface area contributed by atoms with Crippen LogP contribution in [0.3, 0.4) is 0 Å². The first kappa shape index (κ1) is 14.1. The molecule has 0 aliphatic carbocycles. The standard InChI is InChI=1S/C14H21NOS/c1-5-14(3,4)9-15-13(16)12-8-11(17)7-6-10(12)2/h6-8,17H,5,9H2,1-4H3,(H,15,16). The van der Waals surface area contributed by atoms with E-state index in [1.165, 1.54) is 0 Å². The Bertz CT molecular complexity index is 413. The Morgan fingerprint density at radius 3 is 2.65 bits per heavy atom. The summed E-state index contributed by atoms with van der Waals surface area (Å²) in [6.07, 6.45) is 1.04. The average molecular weight is 251 g/mol. The molecule has 1 N–H and O–H groups in total. The highest BCUT2D eigenvalue weighted by Crippen LogP contribution is 2.19. The lowest BCUT2D eigenvalue weighted by molar-refractivity contribution is 0.0935. The second-order valence-corrected chi connectivity index (χ2v) is 5.72. The SMILES string of the molecule is CCC(C)(C)CNC(=O)c1cc(S)ccc1C. The van der Waals surface area contributed by atoms with Crippen molar-refractivity contribution in [2.45, 2.75) is 39.0 Å². The summed E-state index contributed by atoms with van der Waals surface area (Å²) in [5, 5.41) is 2.99. The number of aryl methyl sites for hydroxylation is 1. The van der Waals surface area contributed by atoms with Crippen molar-refractivity contribution in [3.05, 3.63) is 29.3 Å². The van der Waals surface area contributed by atoms with Gasteiger partial charge in [0.15, 0.2) is 0 Å². The second kappa shape index (κ2) is 5.58. The highest BCUT2D eigenvalue weighted by molar-refractivity contribution is 7.80. The van der Waals surface area contributed by atoms with Gasteiger partial charge in [0.05, 0.1) is 0 Å². The van der Waals surface area contributed by atoms with Crippen LogP contribution >= 0.6 is 12.6 Å². The van der Waals surface area contributed by atoms with Crippen LogP contribution < -0.4 is 5.32 Å². The predicted molar refractivity (Wildman–Crippen MR) is 74.8 cm³/mol. The van der Waals surface area contributed by atoms with Crippen LogP contribution in [0.25, 0.3) is 0 Å². The number of carbonyl (C=O) groups is 1. The fourth-order valence-electron chi connectivity index (χ4n) is 1.39. The zero-order valence-electron chi connectivity index (χ0n) is 11.0. The summed E-state index contributed by atoms with van der Waals surface area (Å²) < 4.78 is 0. The number of thiol groups is 1. The first-order chi connectivity index (χ1) is 7.85. The molecule has 0 heterocycles. The maximum absolute atomic E-state index is 12.0. The fourth-order valence-corrected chi connectivity index (χ4v) is 1.60. The van der Waals surface area contributed by atoms with Gasteiger partial charge in [0, 0.05) is 17.0 Å².